The van der Waals surface area contributed by atoms with Crippen molar-refractivity contribution in [2.75, 3.05) is 21.3 Å². The number of carboxylic acid groups (broad SMARTS) is 1. The zero-order valence-electron chi connectivity index (χ0n) is 21.7. The van der Waals surface area contributed by atoms with Crippen LogP contribution in [0.4, 0.5) is 27.5 Å². The first-order chi connectivity index (χ1) is 19.3. The zero-order valence-corrected chi connectivity index (χ0v) is 21.7. The van der Waals surface area contributed by atoms with Gasteiger partial charge in [-0.15, -0.1) is 0 Å². The van der Waals surface area contributed by atoms with Crippen LogP contribution in [0.1, 0.15) is 33.8 Å². The SMILES string of the molecule is Cc1ccccc1NC(=O)Nc1ccc(NC(=O)C(CC(=O)Nc2ccccc2C(=O)O)c2ccccc2)cc1. The first-order valence-electron chi connectivity index (χ1n) is 12.5. The lowest BCUT2D eigenvalue weighted by molar-refractivity contribution is -0.122. The van der Waals surface area contributed by atoms with Gasteiger partial charge in [0.25, 0.3) is 0 Å². The van der Waals surface area contributed by atoms with Gasteiger partial charge in [-0.25, -0.2) is 9.59 Å². The Balaban J connectivity index is 1.42. The van der Waals surface area contributed by atoms with Crippen LogP contribution in [0, 0.1) is 6.92 Å². The van der Waals surface area contributed by atoms with Gasteiger partial charge in [-0.2, -0.15) is 0 Å². The Labute approximate surface area is 231 Å². The number of anilines is 4. The molecule has 0 aliphatic rings. The van der Waals surface area contributed by atoms with Crippen molar-refractivity contribution >= 4 is 46.6 Å². The Morgan fingerprint density at radius 2 is 1.23 bits per heavy atom. The molecule has 5 N–H and O–H groups in total. The van der Waals surface area contributed by atoms with Gasteiger partial charge in [0.05, 0.1) is 17.2 Å². The van der Waals surface area contributed by atoms with Crippen LogP contribution >= 0.6 is 0 Å². The predicted molar refractivity (Wildman–Crippen MR) is 155 cm³/mol. The maximum Gasteiger partial charge on any atom is 0.337 e. The number of aryl methyl sites for hydroxylation is 1. The molecule has 4 rings (SSSR count). The quantitative estimate of drug-likeness (QED) is 0.176. The van der Waals surface area contributed by atoms with E-state index in [-0.39, 0.29) is 17.7 Å². The molecule has 9 nitrogen and oxygen atoms in total. The van der Waals surface area contributed by atoms with E-state index in [9.17, 15) is 24.3 Å². The Morgan fingerprint density at radius 3 is 1.88 bits per heavy atom. The fourth-order valence-corrected chi connectivity index (χ4v) is 4.08. The van der Waals surface area contributed by atoms with Crippen LogP contribution in [0.2, 0.25) is 0 Å². The van der Waals surface area contributed by atoms with Crippen molar-refractivity contribution in [2.45, 2.75) is 19.3 Å². The Kier molecular flexibility index (Phi) is 8.88. The number of hydrogen-bond acceptors (Lipinski definition) is 4. The third-order valence-electron chi connectivity index (χ3n) is 6.14. The molecule has 0 aliphatic heterocycles. The average molecular weight is 537 g/mol. The summed E-state index contributed by atoms with van der Waals surface area (Å²) < 4.78 is 0. The number of carbonyl (C=O) groups is 4. The molecule has 1 unspecified atom stereocenters. The number of urea groups is 1. The van der Waals surface area contributed by atoms with Gasteiger partial charge in [0, 0.05) is 23.5 Å². The summed E-state index contributed by atoms with van der Waals surface area (Å²) in [7, 11) is 0. The predicted octanol–water partition coefficient (Wildman–Crippen LogP) is 6.09. The molecule has 0 spiro atoms. The maximum atomic E-state index is 13.3. The van der Waals surface area contributed by atoms with Gasteiger partial charge >= 0.3 is 12.0 Å². The first kappa shape index (κ1) is 27.6. The minimum atomic E-state index is -1.17. The molecule has 0 aromatic heterocycles. The van der Waals surface area contributed by atoms with E-state index in [2.05, 4.69) is 21.3 Å². The smallest absolute Gasteiger partial charge is 0.337 e. The second kappa shape index (κ2) is 12.9. The number of carboxylic acids is 1. The van der Waals surface area contributed by atoms with Crippen molar-refractivity contribution in [1.82, 2.24) is 0 Å². The number of aromatic carboxylic acids is 1. The number of para-hydroxylation sites is 2. The van der Waals surface area contributed by atoms with Gasteiger partial charge < -0.3 is 26.4 Å². The zero-order chi connectivity index (χ0) is 28.5. The van der Waals surface area contributed by atoms with E-state index in [4.69, 9.17) is 0 Å². The molecule has 0 aliphatic carbocycles. The van der Waals surface area contributed by atoms with Crippen LogP contribution in [0.25, 0.3) is 0 Å². The topological polar surface area (TPSA) is 137 Å². The average Bonchev–Trinajstić information content (AvgIpc) is 2.94. The second-order valence-corrected chi connectivity index (χ2v) is 9.03. The molecule has 0 bridgehead atoms. The molecule has 40 heavy (non-hydrogen) atoms. The fourth-order valence-electron chi connectivity index (χ4n) is 4.08. The summed E-state index contributed by atoms with van der Waals surface area (Å²) in [6, 6.07) is 28.6. The molecule has 4 amide bonds. The molecule has 4 aromatic rings. The molecular formula is C31H28N4O5. The molecule has 4 aromatic carbocycles. The molecule has 0 fully saturated rings. The Bertz CT molecular complexity index is 1520. The highest BCUT2D eigenvalue weighted by Crippen LogP contribution is 2.25. The number of hydrogen-bond donors (Lipinski definition) is 5. The molecule has 0 heterocycles. The lowest BCUT2D eigenvalue weighted by Crippen LogP contribution is -2.26. The van der Waals surface area contributed by atoms with E-state index in [1.165, 1.54) is 12.1 Å². The lowest BCUT2D eigenvalue weighted by Gasteiger charge is -2.18. The maximum absolute atomic E-state index is 13.3. The van der Waals surface area contributed by atoms with Crippen molar-refractivity contribution in [3.05, 3.63) is 120 Å². The molecule has 0 radical (unpaired) electrons. The Morgan fingerprint density at radius 1 is 0.650 bits per heavy atom. The van der Waals surface area contributed by atoms with Gasteiger partial charge in [-0.1, -0.05) is 60.7 Å². The van der Waals surface area contributed by atoms with Crippen molar-refractivity contribution in [3.8, 4) is 0 Å². The van der Waals surface area contributed by atoms with E-state index < -0.39 is 29.7 Å². The van der Waals surface area contributed by atoms with Gasteiger partial charge in [0.1, 0.15) is 0 Å². The number of benzene rings is 4. The van der Waals surface area contributed by atoms with Crippen molar-refractivity contribution in [3.63, 3.8) is 0 Å². The molecule has 1 atom stereocenters. The minimum absolute atomic E-state index is 0.0437. The van der Waals surface area contributed by atoms with Gasteiger partial charge in [0.15, 0.2) is 0 Å². The summed E-state index contributed by atoms with van der Waals surface area (Å²) in [5, 5.41) is 20.4. The van der Waals surface area contributed by atoms with Crippen molar-refractivity contribution in [2.24, 2.45) is 0 Å². The van der Waals surface area contributed by atoms with Crippen LogP contribution in [-0.4, -0.2) is 28.9 Å². The highest BCUT2D eigenvalue weighted by atomic mass is 16.4. The number of carbonyl (C=O) groups excluding carboxylic acids is 3. The number of nitrogens with one attached hydrogen (secondary N) is 4. The summed E-state index contributed by atoms with van der Waals surface area (Å²) in [5.74, 6) is -2.92. The summed E-state index contributed by atoms with van der Waals surface area (Å²) in [4.78, 5) is 50.1. The third-order valence-corrected chi connectivity index (χ3v) is 6.14. The van der Waals surface area contributed by atoms with E-state index in [1.54, 1.807) is 60.7 Å². The first-order valence-corrected chi connectivity index (χ1v) is 12.5. The molecule has 0 saturated heterocycles. The van der Waals surface area contributed by atoms with Gasteiger partial charge in [-0.3, -0.25) is 9.59 Å². The van der Waals surface area contributed by atoms with Gasteiger partial charge in [-0.05, 0) is 60.5 Å². The van der Waals surface area contributed by atoms with Crippen LogP contribution in [0.3, 0.4) is 0 Å². The van der Waals surface area contributed by atoms with Crippen LogP contribution in [0.15, 0.2) is 103 Å². The van der Waals surface area contributed by atoms with E-state index in [0.717, 1.165) is 5.56 Å². The van der Waals surface area contributed by atoms with Crippen LogP contribution in [-0.2, 0) is 9.59 Å². The summed E-state index contributed by atoms with van der Waals surface area (Å²) in [5.41, 5.74) is 3.38. The van der Waals surface area contributed by atoms with E-state index in [0.29, 0.717) is 22.6 Å². The number of amides is 4. The molecule has 0 saturated carbocycles. The minimum Gasteiger partial charge on any atom is -0.478 e. The molecule has 202 valence electrons. The summed E-state index contributed by atoms with van der Waals surface area (Å²) >= 11 is 0. The highest BCUT2D eigenvalue weighted by Gasteiger charge is 2.25. The normalized spacial score (nSPS) is 11.1. The highest BCUT2D eigenvalue weighted by molar-refractivity contribution is 6.04. The monoisotopic (exact) mass is 536 g/mol. The third kappa shape index (κ3) is 7.32. The lowest BCUT2D eigenvalue weighted by atomic mass is 9.94. The van der Waals surface area contributed by atoms with Crippen molar-refractivity contribution < 1.29 is 24.3 Å². The fraction of sp³-hybridized carbons (Fsp3) is 0.0968. The van der Waals surface area contributed by atoms with Crippen LogP contribution < -0.4 is 21.3 Å². The summed E-state index contributed by atoms with van der Waals surface area (Å²) in [6.45, 7) is 1.90. The van der Waals surface area contributed by atoms with E-state index >= 15 is 0 Å². The largest absolute Gasteiger partial charge is 0.478 e. The number of rotatable bonds is 9. The molecule has 9 heteroatoms. The Hall–Kier alpha value is -5.44. The standard InChI is InChI=1S/C31H28N4O5/c1-20-9-5-7-13-26(20)35-31(40)33-23-17-15-22(16-18-23)32-29(37)25(21-10-3-2-4-11-21)19-28(36)34-27-14-8-6-12-24(27)30(38)39/h2-18,25H,19H2,1H3,(H,32,37)(H,34,36)(H,38,39)(H2,33,35,40). The van der Waals surface area contributed by atoms with Crippen molar-refractivity contribution in [1.29, 1.82) is 0 Å². The second-order valence-electron chi connectivity index (χ2n) is 9.03. The van der Waals surface area contributed by atoms with Gasteiger partial charge in [0.2, 0.25) is 11.8 Å². The summed E-state index contributed by atoms with van der Waals surface area (Å²) in [6.07, 6.45) is -0.206. The van der Waals surface area contributed by atoms with E-state index in [1.807, 2.05) is 37.3 Å². The van der Waals surface area contributed by atoms with Crippen LogP contribution in [0.5, 0.6) is 0 Å². The molecular weight excluding hydrogens is 508 g/mol.